The second kappa shape index (κ2) is 6.39. The minimum atomic E-state index is -0.859. The lowest BCUT2D eigenvalue weighted by atomic mass is 9.97. The Balaban J connectivity index is 2.98. The van der Waals surface area contributed by atoms with Gasteiger partial charge in [0, 0.05) is 11.1 Å². The van der Waals surface area contributed by atoms with Gasteiger partial charge in [-0.2, -0.15) is 0 Å². The van der Waals surface area contributed by atoms with Crippen molar-refractivity contribution in [3.05, 3.63) is 54.1 Å². The van der Waals surface area contributed by atoms with Gasteiger partial charge < -0.3 is 9.47 Å². The number of hydrogen-bond donors (Lipinski definition) is 0. The number of esters is 2. The van der Waals surface area contributed by atoms with Crippen LogP contribution in [-0.4, -0.2) is 11.9 Å². The first-order chi connectivity index (χ1) is 9.63. The number of ether oxygens (including phenoxy) is 2. The summed E-state index contributed by atoms with van der Waals surface area (Å²) < 4.78 is 10.6. The number of carbonyl (C=O) groups excluding carboxylic acids is 2. The Bertz CT molecular complexity index is 597. The van der Waals surface area contributed by atoms with E-state index in [4.69, 9.17) is 9.47 Å². The van der Waals surface area contributed by atoms with Crippen LogP contribution in [0.15, 0.2) is 48.6 Å². The summed E-state index contributed by atoms with van der Waals surface area (Å²) in [5.74, 6) is -0.590. The Morgan fingerprint density at radius 2 is 1.62 bits per heavy atom. The van der Waals surface area contributed by atoms with E-state index in [0.29, 0.717) is 22.5 Å². The lowest BCUT2D eigenvalue weighted by Crippen LogP contribution is -2.26. The molecular weight excluding hydrogens is 268 g/mol. The van der Waals surface area contributed by atoms with E-state index in [9.17, 15) is 9.59 Å². The molecule has 0 N–H and O–H groups in total. The molecule has 0 unspecified atom stereocenters. The van der Waals surface area contributed by atoms with Crippen molar-refractivity contribution in [2.75, 3.05) is 0 Å². The summed E-state index contributed by atoms with van der Waals surface area (Å²) in [7, 11) is 0. The molecule has 1 rings (SSSR count). The van der Waals surface area contributed by atoms with Crippen molar-refractivity contribution in [2.45, 2.75) is 33.3 Å². The molecule has 0 aliphatic heterocycles. The molecule has 0 fully saturated rings. The fourth-order valence-corrected chi connectivity index (χ4v) is 1.51. The van der Waals surface area contributed by atoms with Crippen LogP contribution in [0.4, 0.5) is 0 Å². The smallest absolute Gasteiger partial charge is 0.338 e. The Morgan fingerprint density at radius 1 is 1.05 bits per heavy atom. The molecular formula is C17H20O4. The van der Waals surface area contributed by atoms with Gasteiger partial charge in [0.1, 0.15) is 11.4 Å². The van der Waals surface area contributed by atoms with Crippen molar-refractivity contribution >= 4 is 11.9 Å². The number of benzene rings is 1. The number of rotatable bonds is 5. The highest BCUT2D eigenvalue weighted by molar-refractivity contribution is 5.89. The molecule has 0 radical (unpaired) electrons. The lowest BCUT2D eigenvalue weighted by molar-refractivity contribution is -0.152. The lowest BCUT2D eigenvalue weighted by Gasteiger charge is -2.26. The van der Waals surface area contributed by atoms with Gasteiger partial charge in [0.2, 0.25) is 0 Å². The predicted molar refractivity (Wildman–Crippen MR) is 80.8 cm³/mol. The van der Waals surface area contributed by atoms with E-state index in [1.807, 2.05) is 0 Å². The van der Waals surface area contributed by atoms with Gasteiger partial charge in [0.05, 0.1) is 0 Å². The fraction of sp³-hybridized carbons (Fsp3) is 0.294. The molecule has 4 heteroatoms. The van der Waals surface area contributed by atoms with E-state index in [2.05, 4.69) is 13.2 Å². The third-order valence-corrected chi connectivity index (χ3v) is 2.78. The van der Waals surface area contributed by atoms with Crippen molar-refractivity contribution in [3.63, 3.8) is 0 Å². The molecule has 0 saturated carbocycles. The zero-order valence-electron chi connectivity index (χ0n) is 12.9. The van der Waals surface area contributed by atoms with Crippen LogP contribution < -0.4 is 4.74 Å². The molecule has 0 atom stereocenters. The van der Waals surface area contributed by atoms with Gasteiger partial charge in [0.15, 0.2) is 0 Å². The summed E-state index contributed by atoms with van der Waals surface area (Å²) in [5, 5.41) is 0. The van der Waals surface area contributed by atoms with Crippen LogP contribution in [0.1, 0.15) is 33.3 Å². The highest BCUT2D eigenvalue weighted by Crippen LogP contribution is 2.28. The molecule has 0 spiro atoms. The monoisotopic (exact) mass is 288 g/mol. The van der Waals surface area contributed by atoms with E-state index in [1.165, 1.54) is 0 Å². The molecule has 0 saturated heterocycles. The van der Waals surface area contributed by atoms with Crippen LogP contribution in [0.2, 0.25) is 0 Å². The molecule has 0 bridgehead atoms. The maximum Gasteiger partial charge on any atom is 0.338 e. The van der Waals surface area contributed by atoms with Crippen LogP contribution in [0.3, 0.4) is 0 Å². The summed E-state index contributed by atoms with van der Waals surface area (Å²) in [5.41, 5.74) is 0.493. The first-order valence-electron chi connectivity index (χ1n) is 6.50. The van der Waals surface area contributed by atoms with Crippen molar-refractivity contribution < 1.29 is 19.1 Å². The Hall–Kier alpha value is -2.36. The zero-order chi connectivity index (χ0) is 16.2. The molecule has 21 heavy (non-hydrogen) atoms. The summed E-state index contributed by atoms with van der Waals surface area (Å²) in [6, 6.07) is 6.84. The predicted octanol–water partition coefficient (Wildman–Crippen LogP) is 3.52. The zero-order valence-corrected chi connectivity index (χ0v) is 12.9. The maximum absolute atomic E-state index is 11.7. The molecule has 1 aromatic carbocycles. The average Bonchev–Trinajstić information content (AvgIpc) is 2.38. The van der Waals surface area contributed by atoms with Crippen molar-refractivity contribution in [3.8, 4) is 5.75 Å². The molecule has 1 aromatic rings. The second-order valence-corrected chi connectivity index (χ2v) is 5.38. The van der Waals surface area contributed by atoms with E-state index in [1.54, 1.807) is 52.0 Å². The van der Waals surface area contributed by atoms with Gasteiger partial charge in [-0.3, -0.25) is 0 Å². The number of carbonyl (C=O) groups is 2. The van der Waals surface area contributed by atoms with E-state index in [-0.39, 0.29) is 0 Å². The van der Waals surface area contributed by atoms with Crippen LogP contribution >= 0.6 is 0 Å². The fourth-order valence-electron chi connectivity index (χ4n) is 1.51. The molecule has 0 aromatic heterocycles. The standard InChI is InChI=1S/C17H20O4/c1-11(2)15(18)20-14-9-7-8-13(10-14)17(5,6)21-16(19)12(3)4/h7-10H,1,3H2,2,4-6H3. The highest BCUT2D eigenvalue weighted by atomic mass is 16.6. The van der Waals surface area contributed by atoms with Gasteiger partial charge in [-0.25, -0.2) is 9.59 Å². The Labute approximate surface area is 125 Å². The van der Waals surface area contributed by atoms with Crippen molar-refractivity contribution in [2.24, 2.45) is 0 Å². The van der Waals surface area contributed by atoms with Gasteiger partial charge in [-0.05, 0) is 45.4 Å². The van der Waals surface area contributed by atoms with Gasteiger partial charge >= 0.3 is 11.9 Å². The second-order valence-electron chi connectivity index (χ2n) is 5.38. The highest BCUT2D eigenvalue weighted by Gasteiger charge is 2.26. The van der Waals surface area contributed by atoms with Crippen molar-refractivity contribution in [1.29, 1.82) is 0 Å². The Kier molecular flexibility index (Phi) is 5.08. The van der Waals surface area contributed by atoms with Gasteiger partial charge in [-0.15, -0.1) is 0 Å². The summed E-state index contributed by atoms with van der Waals surface area (Å²) >= 11 is 0. The van der Waals surface area contributed by atoms with Crippen LogP contribution in [0, 0.1) is 0 Å². The normalized spacial score (nSPS) is 10.7. The number of hydrogen-bond acceptors (Lipinski definition) is 4. The average molecular weight is 288 g/mol. The maximum atomic E-state index is 11.7. The minimum absolute atomic E-state index is 0.313. The van der Waals surface area contributed by atoms with E-state index < -0.39 is 17.5 Å². The molecule has 0 aliphatic rings. The SMILES string of the molecule is C=C(C)C(=O)Oc1cccc(C(C)(C)OC(=O)C(=C)C)c1. The summed E-state index contributed by atoms with van der Waals surface area (Å²) in [6.07, 6.45) is 0. The quantitative estimate of drug-likeness (QED) is 0.472. The molecule has 0 aliphatic carbocycles. The molecule has 0 amide bonds. The van der Waals surface area contributed by atoms with Crippen LogP contribution in [0.25, 0.3) is 0 Å². The first kappa shape index (κ1) is 16.7. The first-order valence-corrected chi connectivity index (χ1v) is 6.50. The van der Waals surface area contributed by atoms with Crippen molar-refractivity contribution in [1.82, 2.24) is 0 Å². The van der Waals surface area contributed by atoms with Gasteiger partial charge in [-0.1, -0.05) is 25.3 Å². The third kappa shape index (κ3) is 4.60. The Morgan fingerprint density at radius 3 is 2.14 bits per heavy atom. The van der Waals surface area contributed by atoms with Gasteiger partial charge in [0.25, 0.3) is 0 Å². The van der Waals surface area contributed by atoms with E-state index >= 15 is 0 Å². The minimum Gasteiger partial charge on any atom is -0.451 e. The summed E-state index contributed by atoms with van der Waals surface area (Å²) in [4.78, 5) is 23.2. The summed E-state index contributed by atoms with van der Waals surface area (Å²) in [6.45, 7) is 13.8. The third-order valence-electron chi connectivity index (χ3n) is 2.78. The van der Waals surface area contributed by atoms with Crippen LogP contribution in [-0.2, 0) is 19.9 Å². The molecule has 0 heterocycles. The van der Waals surface area contributed by atoms with Crippen LogP contribution in [0.5, 0.6) is 5.75 Å². The molecule has 4 nitrogen and oxygen atoms in total. The van der Waals surface area contributed by atoms with E-state index in [0.717, 1.165) is 0 Å². The largest absolute Gasteiger partial charge is 0.451 e. The molecule has 112 valence electrons. The topological polar surface area (TPSA) is 52.6 Å².